The number of Topliss-reactive ketones (excluding diaryl/α,β-unsaturated/α-hetero) is 1. The summed E-state index contributed by atoms with van der Waals surface area (Å²) in [5, 5.41) is 23.9. The molecule has 3 atom stereocenters. The maximum atomic E-state index is 13.6. The quantitative estimate of drug-likeness (QED) is 0.245. The smallest absolute Gasteiger partial charge is 0.282 e. The molecule has 0 bridgehead atoms. The van der Waals surface area contributed by atoms with Gasteiger partial charge in [-0.2, -0.15) is 5.01 Å². The van der Waals surface area contributed by atoms with E-state index in [0.717, 1.165) is 18.6 Å². The molecule has 12 heteroatoms. The van der Waals surface area contributed by atoms with Crippen molar-refractivity contribution in [3.63, 3.8) is 0 Å². The lowest BCUT2D eigenvalue weighted by atomic mass is 9.76. The van der Waals surface area contributed by atoms with Crippen LogP contribution in [-0.2, 0) is 9.59 Å². The highest BCUT2D eigenvalue weighted by Crippen LogP contribution is 2.41. The van der Waals surface area contributed by atoms with Crippen LogP contribution in [0.5, 0.6) is 0 Å². The Morgan fingerprint density at radius 2 is 1.67 bits per heavy atom. The molecule has 0 unspecified atom stereocenters. The van der Waals surface area contributed by atoms with Crippen LogP contribution in [0.1, 0.15) is 46.9 Å². The van der Waals surface area contributed by atoms with Crippen LogP contribution in [-0.4, -0.2) is 49.9 Å². The minimum absolute atomic E-state index is 0.116. The number of nitro groups is 2. The van der Waals surface area contributed by atoms with Crippen LogP contribution < -0.4 is 0 Å². The first-order valence-electron chi connectivity index (χ1n) is 11.3. The van der Waals surface area contributed by atoms with Crippen molar-refractivity contribution in [1.82, 2.24) is 10.0 Å². The summed E-state index contributed by atoms with van der Waals surface area (Å²) >= 11 is 0. The molecule has 0 radical (unpaired) electrons. The van der Waals surface area contributed by atoms with Crippen molar-refractivity contribution >= 4 is 34.9 Å². The first kappa shape index (κ1) is 24.6. The molecule has 1 heterocycles. The van der Waals surface area contributed by atoms with E-state index in [1.807, 2.05) is 6.92 Å². The summed E-state index contributed by atoms with van der Waals surface area (Å²) in [6, 6.07) is 9.82. The molecule has 1 aliphatic carbocycles. The Balaban J connectivity index is 1.75. The standard InChI is InChI=1S/C24H22N4O8/c1-14-9-10-17-19(11-14)24(32)26(23(17)31)25(22(30)18-7-2-3-8-20(18)28(35)36)13-21(29)15-5-4-6-16(12-15)27(33)34/h2-8,12,14,17,19H,9-11,13H2,1H3/t14-,17+,19-/m1/s1. The van der Waals surface area contributed by atoms with Gasteiger partial charge < -0.3 is 0 Å². The number of hydrogen-bond donors (Lipinski definition) is 0. The zero-order valence-electron chi connectivity index (χ0n) is 19.2. The number of hydrogen-bond acceptors (Lipinski definition) is 8. The molecule has 186 valence electrons. The number of non-ortho nitro benzene ring substituents is 1. The Bertz CT molecular complexity index is 1290. The Kier molecular flexibility index (Phi) is 6.60. The van der Waals surface area contributed by atoms with Gasteiger partial charge in [0.2, 0.25) is 0 Å². The second-order valence-corrected chi connectivity index (χ2v) is 8.99. The van der Waals surface area contributed by atoms with E-state index in [1.165, 1.54) is 36.4 Å². The molecule has 0 aromatic heterocycles. The van der Waals surface area contributed by atoms with Crippen LogP contribution in [0.2, 0.25) is 0 Å². The van der Waals surface area contributed by atoms with Crippen LogP contribution in [0.3, 0.4) is 0 Å². The van der Waals surface area contributed by atoms with Gasteiger partial charge in [-0.25, -0.2) is 5.01 Å². The highest BCUT2D eigenvalue weighted by atomic mass is 16.6. The average Bonchev–Trinajstić information content (AvgIpc) is 3.10. The van der Waals surface area contributed by atoms with E-state index in [4.69, 9.17) is 0 Å². The summed E-state index contributed by atoms with van der Waals surface area (Å²) in [4.78, 5) is 74.5. The summed E-state index contributed by atoms with van der Waals surface area (Å²) in [5.74, 6) is -4.26. The lowest BCUT2D eigenvalue weighted by Crippen LogP contribution is -2.52. The molecule has 3 amide bonds. The Morgan fingerprint density at radius 1 is 0.972 bits per heavy atom. The zero-order chi connectivity index (χ0) is 26.1. The Labute approximate surface area is 204 Å². The predicted molar refractivity (Wildman–Crippen MR) is 123 cm³/mol. The summed E-state index contributed by atoms with van der Waals surface area (Å²) < 4.78 is 0. The van der Waals surface area contributed by atoms with Gasteiger partial charge in [0.15, 0.2) is 5.78 Å². The number of imide groups is 1. The minimum Gasteiger partial charge on any atom is -0.292 e. The highest BCUT2D eigenvalue weighted by Gasteiger charge is 2.53. The predicted octanol–water partition coefficient (Wildman–Crippen LogP) is 3.16. The van der Waals surface area contributed by atoms with Gasteiger partial charge in [-0.3, -0.25) is 39.4 Å². The number of nitro benzene ring substituents is 2. The summed E-state index contributed by atoms with van der Waals surface area (Å²) in [7, 11) is 0. The van der Waals surface area contributed by atoms with Crippen molar-refractivity contribution in [1.29, 1.82) is 0 Å². The lowest BCUT2D eigenvalue weighted by Gasteiger charge is -2.30. The van der Waals surface area contributed by atoms with E-state index in [2.05, 4.69) is 0 Å². The molecule has 1 aliphatic heterocycles. The number of benzene rings is 2. The number of amides is 3. The van der Waals surface area contributed by atoms with Crippen molar-refractivity contribution in [3.05, 3.63) is 79.9 Å². The maximum absolute atomic E-state index is 13.6. The molecule has 0 spiro atoms. The van der Waals surface area contributed by atoms with Crippen molar-refractivity contribution in [2.24, 2.45) is 17.8 Å². The molecule has 2 fully saturated rings. The van der Waals surface area contributed by atoms with E-state index in [-0.39, 0.29) is 17.2 Å². The van der Waals surface area contributed by atoms with E-state index >= 15 is 0 Å². The SMILES string of the molecule is C[C@@H]1CC[C@@H]2C(=O)N(N(CC(=O)c3cccc([N+](=O)[O-])c3)C(=O)c3ccccc3[N+](=O)[O-])C(=O)[C@@H]2C1. The molecule has 12 nitrogen and oxygen atoms in total. The third-order valence-electron chi connectivity index (χ3n) is 6.64. The maximum Gasteiger partial charge on any atom is 0.282 e. The van der Waals surface area contributed by atoms with Gasteiger partial charge in [0.1, 0.15) is 12.1 Å². The lowest BCUT2D eigenvalue weighted by molar-refractivity contribution is -0.385. The number of carbonyl (C=O) groups excluding carboxylic acids is 4. The molecule has 36 heavy (non-hydrogen) atoms. The third kappa shape index (κ3) is 4.44. The number of para-hydroxylation sites is 1. The largest absolute Gasteiger partial charge is 0.292 e. The number of carbonyl (C=O) groups is 4. The van der Waals surface area contributed by atoms with E-state index in [1.54, 1.807) is 0 Å². The molecular formula is C24H22N4O8. The van der Waals surface area contributed by atoms with Crippen molar-refractivity contribution in [2.75, 3.05) is 6.54 Å². The van der Waals surface area contributed by atoms with Crippen LogP contribution >= 0.6 is 0 Å². The van der Waals surface area contributed by atoms with Crippen molar-refractivity contribution in [3.8, 4) is 0 Å². The van der Waals surface area contributed by atoms with Crippen LogP contribution in [0, 0.1) is 38.0 Å². The van der Waals surface area contributed by atoms with Gasteiger partial charge in [-0.1, -0.05) is 31.2 Å². The number of hydrazine groups is 1. The van der Waals surface area contributed by atoms with Gasteiger partial charge in [0, 0.05) is 23.8 Å². The first-order chi connectivity index (χ1) is 17.1. The number of nitrogens with zero attached hydrogens (tertiary/aromatic N) is 4. The van der Waals surface area contributed by atoms with E-state index in [9.17, 15) is 39.4 Å². The Morgan fingerprint density at radius 3 is 2.36 bits per heavy atom. The fraction of sp³-hybridized carbons (Fsp3) is 0.333. The molecule has 0 N–H and O–H groups in total. The van der Waals surface area contributed by atoms with Crippen molar-refractivity contribution in [2.45, 2.75) is 26.2 Å². The topological polar surface area (TPSA) is 161 Å². The normalized spacial score (nSPS) is 21.1. The average molecular weight is 494 g/mol. The number of fused-ring (bicyclic) bond motifs is 1. The zero-order valence-corrected chi connectivity index (χ0v) is 19.2. The van der Waals surface area contributed by atoms with Crippen molar-refractivity contribution < 1.29 is 29.0 Å². The fourth-order valence-corrected chi connectivity index (χ4v) is 4.82. The number of ketones is 1. The van der Waals surface area contributed by atoms with Crippen LogP contribution in [0.25, 0.3) is 0 Å². The van der Waals surface area contributed by atoms with E-state index in [0.29, 0.717) is 22.9 Å². The second-order valence-electron chi connectivity index (χ2n) is 8.99. The van der Waals surface area contributed by atoms with Gasteiger partial charge in [-0.05, 0) is 31.2 Å². The van der Waals surface area contributed by atoms with Gasteiger partial charge in [0.05, 0.1) is 21.7 Å². The first-order valence-corrected chi connectivity index (χ1v) is 11.3. The molecule has 2 aliphatic rings. The molecule has 1 saturated heterocycles. The van der Waals surface area contributed by atoms with Crippen LogP contribution in [0.15, 0.2) is 48.5 Å². The van der Waals surface area contributed by atoms with Gasteiger partial charge in [-0.15, -0.1) is 0 Å². The van der Waals surface area contributed by atoms with E-state index < -0.39 is 63.0 Å². The number of rotatable bonds is 7. The van der Waals surface area contributed by atoms with Gasteiger partial charge in [0.25, 0.3) is 29.1 Å². The van der Waals surface area contributed by atoms with Crippen LogP contribution in [0.4, 0.5) is 11.4 Å². The molecule has 2 aromatic carbocycles. The summed E-state index contributed by atoms with van der Waals surface area (Å²) in [6.07, 6.45) is 1.61. The minimum atomic E-state index is -1.07. The summed E-state index contributed by atoms with van der Waals surface area (Å²) in [6.45, 7) is 1.14. The summed E-state index contributed by atoms with van der Waals surface area (Å²) in [5.41, 5.74) is -1.43. The fourth-order valence-electron chi connectivity index (χ4n) is 4.82. The molecule has 4 rings (SSSR count). The molecule has 2 aromatic rings. The third-order valence-corrected chi connectivity index (χ3v) is 6.64. The second kappa shape index (κ2) is 9.64. The highest BCUT2D eigenvalue weighted by molar-refractivity contribution is 6.10. The molecular weight excluding hydrogens is 472 g/mol. The molecule has 1 saturated carbocycles. The van der Waals surface area contributed by atoms with Gasteiger partial charge >= 0.3 is 0 Å². The monoisotopic (exact) mass is 494 g/mol. The Hall–Kier alpha value is -4.48.